The number of carbonyl (C=O) groups excluding carboxylic acids is 1. The molecule has 0 amide bonds. The zero-order chi connectivity index (χ0) is 20.5. The highest BCUT2D eigenvalue weighted by Crippen LogP contribution is 2.48. The van der Waals surface area contributed by atoms with Gasteiger partial charge in [-0.1, -0.05) is 115 Å². The summed E-state index contributed by atoms with van der Waals surface area (Å²) >= 11 is 0. The molecule has 5 rings (SSSR count). The maximum atomic E-state index is 13.7. The first kappa shape index (κ1) is 18.3. The van der Waals surface area contributed by atoms with Crippen molar-refractivity contribution in [2.24, 2.45) is 0 Å². The highest BCUT2D eigenvalue weighted by atomic mass is 16.1. The first-order valence-electron chi connectivity index (χ1n) is 10.3. The van der Waals surface area contributed by atoms with Crippen molar-refractivity contribution in [2.75, 3.05) is 0 Å². The van der Waals surface area contributed by atoms with Crippen LogP contribution in [0.1, 0.15) is 44.1 Å². The molecular weight excluding hydrogens is 364 g/mol. The van der Waals surface area contributed by atoms with E-state index >= 15 is 0 Å². The van der Waals surface area contributed by atoms with Gasteiger partial charge in [0.05, 0.1) is 5.92 Å². The lowest BCUT2D eigenvalue weighted by Crippen LogP contribution is -2.08. The van der Waals surface area contributed by atoms with Gasteiger partial charge in [0, 0.05) is 5.56 Å². The molecule has 1 unspecified atom stereocenters. The molecule has 0 fully saturated rings. The lowest BCUT2D eigenvalue weighted by Gasteiger charge is -2.19. The fourth-order valence-corrected chi connectivity index (χ4v) is 4.47. The molecule has 4 aromatic carbocycles. The van der Waals surface area contributed by atoms with E-state index in [-0.39, 0.29) is 11.7 Å². The van der Waals surface area contributed by atoms with Crippen molar-refractivity contribution in [1.82, 2.24) is 0 Å². The van der Waals surface area contributed by atoms with E-state index in [4.69, 9.17) is 0 Å². The van der Waals surface area contributed by atoms with Crippen LogP contribution in [0.25, 0.3) is 11.1 Å². The first-order valence-corrected chi connectivity index (χ1v) is 10.3. The number of hydrogen-bond donors (Lipinski definition) is 0. The van der Waals surface area contributed by atoms with Crippen molar-refractivity contribution in [2.45, 2.75) is 12.8 Å². The molecule has 0 N–H and O–H groups in total. The molecule has 4 aromatic rings. The molecule has 0 radical (unpaired) electrons. The van der Waals surface area contributed by atoms with E-state index in [0.717, 1.165) is 44.5 Å². The van der Waals surface area contributed by atoms with E-state index in [0.29, 0.717) is 0 Å². The van der Waals surface area contributed by atoms with E-state index < -0.39 is 0 Å². The summed E-state index contributed by atoms with van der Waals surface area (Å²) in [6.07, 6.45) is 0. The van der Waals surface area contributed by atoms with Crippen LogP contribution in [0.15, 0.2) is 109 Å². The van der Waals surface area contributed by atoms with Crippen LogP contribution in [0.2, 0.25) is 0 Å². The topological polar surface area (TPSA) is 17.1 Å². The quantitative estimate of drug-likeness (QED) is 0.373. The fourth-order valence-electron chi connectivity index (χ4n) is 4.47. The van der Waals surface area contributed by atoms with E-state index in [2.05, 4.69) is 73.7 Å². The third kappa shape index (κ3) is 3.09. The third-order valence-corrected chi connectivity index (χ3v) is 5.81. The van der Waals surface area contributed by atoms with Gasteiger partial charge in [-0.05, 0) is 40.3 Å². The monoisotopic (exact) mass is 386 g/mol. The molecule has 0 heterocycles. The van der Waals surface area contributed by atoms with Crippen LogP contribution in [0.4, 0.5) is 0 Å². The van der Waals surface area contributed by atoms with Crippen molar-refractivity contribution in [3.63, 3.8) is 0 Å². The van der Waals surface area contributed by atoms with Crippen molar-refractivity contribution in [3.05, 3.63) is 143 Å². The molecule has 1 aliphatic carbocycles. The van der Waals surface area contributed by atoms with Crippen LogP contribution in [0.3, 0.4) is 0 Å². The van der Waals surface area contributed by atoms with Gasteiger partial charge in [0.2, 0.25) is 0 Å². The minimum atomic E-state index is -0.307. The molecule has 0 aromatic heterocycles. The summed E-state index contributed by atoms with van der Waals surface area (Å²) in [4.78, 5) is 13.7. The molecule has 1 aliphatic rings. The summed E-state index contributed by atoms with van der Waals surface area (Å²) < 4.78 is 0. The highest BCUT2D eigenvalue weighted by molar-refractivity contribution is 6.22. The molecule has 0 spiro atoms. The van der Waals surface area contributed by atoms with E-state index in [9.17, 15) is 4.79 Å². The van der Waals surface area contributed by atoms with Gasteiger partial charge in [0.1, 0.15) is 0 Å². The average molecular weight is 386 g/mol. The molecular formula is C29H22O. The summed E-state index contributed by atoms with van der Waals surface area (Å²) in [6, 6.07) is 37.2. The predicted molar refractivity (Wildman–Crippen MR) is 123 cm³/mol. The summed E-state index contributed by atoms with van der Waals surface area (Å²) in [5, 5.41) is 0. The van der Waals surface area contributed by atoms with Crippen LogP contribution in [0, 0.1) is 6.92 Å². The van der Waals surface area contributed by atoms with Crippen molar-refractivity contribution in [1.29, 1.82) is 0 Å². The maximum absolute atomic E-state index is 13.7. The van der Waals surface area contributed by atoms with Crippen LogP contribution in [0.5, 0.6) is 0 Å². The summed E-state index contributed by atoms with van der Waals surface area (Å²) in [5.41, 5.74) is 8.54. The fraction of sp³-hybridized carbons (Fsp3) is 0.0690. The Morgan fingerprint density at radius 2 is 1.17 bits per heavy atom. The number of ketones is 1. The number of fused-ring (bicyclic) bond motifs is 1. The molecule has 0 aliphatic heterocycles. The summed E-state index contributed by atoms with van der Waals surface area (Å²) in [6.45, 7) is 2.09. The minimum absolute atomic E-state index is 0.176. The number of hydrogen-bond acceptors (Lipinski definition) is 1. The second-order valence-electron chi connectivity index (χ2n) is 7.78. The second kappa shape index (κ2) is 7.61. The molecule has 1 heteroatoms. The largest absolute Gasteiger partial charge is 0.293 e. The Bertz CT molecular complexity index is 1190. The van der Waals surface area contributed by atoms with Gasteiger partial charge >= 0.3 is 0 Å². The number of Topliss-reactive ketones (excluding diaryl/α,β-unsaturated/α-hetero) is 1. The molecule has 0 bridgehead atoms. The van der Waals surface area contributed by atoms with Crippen LogP contribution in [-0.2, 0) is 0 Å². The third-order valence-electron chi connectivity index (χ3n) is 5.81. The lowest BCUT2D eigenvalue weighted by molar-refractivity contribution is 0.0986. The Kier molecular flexibility index (Phi) is 4.65. The normalized spacial score (nSPS) is 15.2. The van der Waals surface area contributed by atoms with Gasteiger partial charge in [-0.3, -0.25) is 4.79 Å². The van der Waals surface area contributed by atoms with Gasteiger partial charge in [0.15, 0.2) is 5.78 Å². The number of benzene rings is 4. The number of carbonyl (C=O) groups is 1. The van der Waals surface area contributed by atoms with Crippen LogP contribution < -0.4 is 0 Å². The summed E-state index contributed by atoms with van der Waals surface area (Å²) in [5.74, 6) is -0.131. The molecule has 1 nitrogen and oxygen atoms in total. The Morgan fingerprint density at radius 3 is 1.73 bits per heavy atom. The van der Waals surface area contributed by atoms with Crippen molar-refractivity contribution in [3.8, 4) is 0 Å². The van der Waals surface area contributed by atoms with Gasteiger partial charge < -0.3 is 0 Å². The Balaban J connectivity index is 1.90. The van der Waals surface area contributed by atoms with Gasteiger partial charge in [-0.2, -0.15) is 0 Å². The molecule has 30 heavy (non-hydrogen) atoms. The van der Waals surface area contributed by atoms with Crippen molar-refractivity contribution < 1.29 is 4.79 Å². The van der Waals surface area contributed by atoms with E-state index in [1.807, 2.05) is 42.5 Å². The number of allylic oxidation sites excluding steroid dienone is 1. The minimum Gasteiger partial charge on any atom is -0.293 e. The smallest absolute Gasteiger partial charge is 0.175 e. The highest BCUT2D eigenvalue weighted by Gasteiger charge is 2.38. The Hall–Kier alpha value is -3.71. The number of rotatable bonds is 3. The lowest BCUT2D eigenvalue weighted by atomic mass is 9.83. The Labute approximate surface area is 177 Å². The van der Waals surface area contributed by atoms with Crippen LogP contribution in [-0.4, -0.2) is 5.78 Å². The average Bonchev–Trinajstić information content (AvgIpc) is 3.07. The second-order valence-corrected chi connectivity index (χ2v) is 7.78. The van der Waals surface area contributed by atoms with Gasteiger partial charge in [-0.15, -0.1) is 0 Å². The molecule has 1 atom stereocenters. The van der Waals surface area contributed by atoms with Gasteiger partial charge in [0.25, 0.3) is 0 Å². The zero-order valence-electron chi connectivity index (χ0n) is 16.9. The van der Waals surface area contributed by atoms with Crippen molar-refractivity contribution >= 4 is 16.9 Å². The first-order chi connectivity index (χ1) is 14.7. The molecule has 144 valence electrons. The standard InChI is InChI=1S/C29H22O/c1-20-17-18-24-25(19-20)28(27(29(24)30)23-15-9-4-10-16-23)26(21-11-5-2-6-12-21)22-13-7-3-8-14-22/h2-19,27H,1H3. The zero-order valence-corrected chi connectivity index (χ0v) is 16.9. The van der Waals surface area contributed by atoms with E-state index in [1.165, 1.54) is 0 Å². The molecule has 0 saturated carbocycles. The predicted octanol–water partition coefficient (Wildman–Crippen LogP) is 6.93. The summed E-state index contributed by atoms with van der Waals surface area (Å²) in [7, 11) is 0. The number of aryl methyl sites for hydroxylation is 1. The maximum Gasteiger partial charge on any atom is 0.175 e. The SMILES string of the molecule is Cc1ccc2c(c1)C(=C(c1ccccc1)c1ccccc1)C(c1ccccc1)C2=O. The van der Waals surface area contributed by atoms with E-state index in [1.54, 1.807) is 0 Å². The Morgan fingerprint density at radius 1 is 0.633 bits per heavy atom. The molecule has 0 saturated heterocycles. The van der Waals surface area contributed by atoms with Crippen LogP contribution >= 0.6 is 0 Å². The van der Waals surface area contributed by atoms with Gasteiger partial charge in [-0.25, -0.2) is 0 Å².